The van der Waals surface area contributed by atoms with Crippen molar-refractivity contribution in [3.05, 3.63) is 29.8 Å². The van der Waals surface area contributed by atoms with E-state index in [1.807, 2.05) is 32.9 Å². The van der Waals surface area contributed by atoms with E-state index in [1.165, 1.54) is 12.0 Å². The molecule has 2 atom stereocenters. The second kappa shape index (κ2) is 7.44. The summed E-state index contributed by atoms with van der Waals surface area (Å²) in [5.41, 5.74) is 1.09. The molecule has 0 bridgehead atoms. The third-order valence-corrected chi connectivity index (χ3v) is 4.02. The molecular formula is C18H29NO3. The van der Waals surface area contributed by atoms with Gasteiger partial charge in [0, 0.05) is 12.6 Å². The maximum atomic E-state index is 10.2. The molecule has 0 radical (unpaired) electrons. The van der Waals surface area contributed by atoms with Gasteiger partial charge in [0.1, 0.15) is 5.75 Å². The van der Waals surface area contributed by atoms with Gasteiger partial charge in [0.15, 0.2) is 0 Å². The molecule has 4 heteroatoms. The first-order valence-corrected chi connectivity index (χ1v) is 8.09. The van der Waals surface area contributed by atoms with Gasteiger partial charge in [0.2, 0.25) is 0 Å². The number of β-amino-alcohol motifs (C(OH)–C–C–N with tert-alkyl or cyclic N) is 1. The van der Waals surface area contributed by atoms with E-state index >= 15 is 0 Å². The average Bonchev–Trinajstić information content (AvgIpc) is 2.92. The van der Waals surface area contributed by atoms with Gasteiger partial charge in [-0.15, -0.1) is 0 Å². The smallest absolute Gasteiger partial charge is 0.118 e. The summed E-state index contributed by atoms with van der Waals surface area (Å²) < 4.78 is 10.9. The zero-order valence-electron chi connectivity index (χ0n) is 14.2. The van der Waals surface area contributed by atoms with Crippen LogP contribution in [-0.2, 0) is 4.74 Å². The predicted molar refractivity (Wildman–Crippen MR) is 88.3 cm³/mol. The Morgan fingerprint density at radius 2 is 1.95 bits per heavy atom. The Morgan fingerprint density at radius 3 is 2.55 bits per heavy atom. The number of rotatable bonds is 6. The summed E-state index contributed by atoms with van der Waals surface area (Å²) in [4.78, 5) is 2.36. The number of methoxy groups -OCH3 is 1. The number of ether oxygens (including phenoxy) is 2. The lowest BCUT2D eigenvalue weighted by molar-refractivity contribution is -0.0569. The van der Waals surface area contributed by atoms with Gasteiger partial charge < -0.3 is 14.6 Å². The van der Waals surface area contributed by atoms with Crippen molar-refractivity contribution in [2.75, 3.05) is 26.8 Å². The van der Waals surface area contributed by atoms with E-state index in [-0.39, 0.29) is 5.60 Å². The standard InChI is InChI=1S/C18H29NO3/c1-18(2,3)22-13-15(20)12-19-11-5-6-17(19)14-7-9-16(21-4)10-8-14/h7-10,15,17,20H,5-6,11-13H2,1-4H3. The van der Waals surface area contributed by atoms with E-state index in [0.29, 0.717) is 19.2 Å². The SMILES string of the molecule is COc1ccc(C2CCCN2CC(O)COC(C)(C)C)cc1. The largest absolute Gasteiger partial charge is 0.497 e. The van der Waals surface area contributed by atoms with Gasteiger partial charge in [0.05, 0.1) is 25.4 Å². The van der Waals surface area contributed by atoms with Crippen LogP contribution in [0.25, 0.3) is 0 Å². The fourth-order valence-corrected chi connectivity index (χ4v) is 2.92. The molecule has 0 aromatic heterocycles. The van der Waals surface area contributed by atoms with Crippen molar-refractivity contribution in [3.8, 4) is 5.75 Å². The van der Waals surface area contributed by atoms with Crippen LogP contribution in [0, 0.1) is 0 Å². The van der Waals surface area contributed by atoms with Crippen molar-refractivity contribution in [1.29, 1.82) is 0 Å². The van der Waals surface area contributed by atoms with Crippen LogP contribution in [0.15, 0.2) is 24.3 Å². The zero-order chi connectivity index (χ0) is 16.2. The predicted octanol–water partition coefficient (Wildman–Crippen LogP) is 3.01. The van der Waals surface area contributed by atoms with E-state index in [4.69, 9.17) is 9.47 Å². The lowest BCUT2D eigenvalue weighted by Crippen LogP contribution is -2.36. The molecule has 1 heterocycles. The molecule has 22 heavy (non-hydrogen) atoms. The van der Waals surface area contributed by atoms with Crippen molar-refractivity contribution in [3.63, 3.8) is 0 Å². The van der Waals surface area contributed by atoms with Gasteiger partial charge in [-0.25, -0.2) is 0 Å². The summed E-state index contributed by atoms with van der Waals surface area (Å²) in [7, 11) is 1.68. The first kappa shape index (κ1) is 17.3. The third-order valence-electron chi connectivity index (χ3n) is 4.02. The number of nitrogens with zero attached hydrogens (tertiary/aromatic N) is 1. The van der Waals surface area contributed by atoms with Crippen LogP contribution in [0.1, 0.15) is 45.2 Å². The Kier molecular flexibility index (Phi) is 5.84. The monoisotopic (exact) mass is 307 g/mol. The van der Waals surface area contributed by atoms with Gasteiger partial charge in [-0.1, -0.05) is 12.1 Å². The fraction of sp³-hybridized carbons (Fsp3) is 0.667. The second-order valence-electron chi connectivity index (χ2n) is 7.00. The Labute approximate surface area is 134 Å². The van der Waals surface area contributed by atoms with Crippen LogP contribution in [0.3, 0.4) is 0 Å². The lowest BCUT2D eigenvalue weighted by atomic mass is 10.0. The van der Waals surface area contributed by atoms with E-state index < -0.39 is 6.10 Å². The van der Waals surface area contributed by atoms with Crippen molar-refractivity contribution in [1.82, 2.24) is 4.90 Å². The van der Waals surface area contributed by atoms with Crippen molar-refractivity contribution in [2.45, 2.75) is 51.4 Å². The first-order valence-electron chi connectivity index (χ1n) is 8.09. The van der Waals surface area contributed by atoms with Crippen LogP contribution in [-0.4, -0.2) is 48.5 Å². The minimum atomic E-state index is -0.446. The van der Waals surface area contributed by atoms with Crippen LogP contribution < -0.4 is 4.74 Å². The average molecular weight is 307 g/mol. The van der Waals surface area contributed by atoms with Gasteiger partial charge in [-0.05, 0) is 57.9 Å². The molecule has 0 aliphatic carbocycles. The normalized spacial score (nSPS) is 21.0. The van der Waals surface area contributed by atoms with Crippen molar-refractivity contribution in [2.24, 2.45) is 0 Å². The molecule has 1 N–H and O–H groups in total. The highest BCUT2D eigenvalue weighted by molar-refractivity contribution is 5.29. The summed E-state index contributed by atoms with van der Waals surface area (Å²) in [5, 5.41) is 10.2. The Balaban J connectivity index is 1.92. The van der Waals surface area contributed by atoms with Crippen LogP contribution in [0.4, 0.5) is 0 Å². The molecule has 4 nitrogen and oxygen atoms in total. The number of hydrogen-bond acceptors (Lipinski definition) is 4. The quantitative estimate of drug-likeness (QED) is 0.877. The molecule has 0 amide bonds. The summed E-state index contributed by atoms with van der Waals surface area (Å²) >= 11 is 0. The summed E-state index contributed by atoms with van der Waals surface area (Å²) in [6, 6.07) is 8.64. The lowest BCUT2D eigenvalue weighted by Gasteiger charge is -2.28. The molecule has 1 saturated heterocycles. The summed E-state index contributed by atoms with van der Waals surface area (Å²) in [6.45, 7) is 8.10. The molecule has 1 aliphatic heterocycles. The van der Waals surface area contributed by atoms with Gasteiger partial charge in [-0.3, -0.25) is 4.90 Å². The highest BCUT2D eigenvalue weighted by Gasteiger charge is 2.28. The third kappa shape index (κ3) is 4.97. The fourth-order valence-electron chi connectivity index (χ4n) is 2.92. The molecule has 1 aromatic rings. The Morgan fingerprint density at radius 1 is 1.27 bits per heavy atom. The molecule has 2 rings (SSSR count). The van der Waals surface area contributed by atoms with Crippen molar-refractivity contribution < 1.29 is 14.6 Å². The minimum absolute atomic E-state index is 0.207. The van der Waals surface area contributed by atoms with Crippen LogP contribution in [0.2, 0.25) is 0 Å². The van der Waals surface area contributed by atoms with Crippen LogP contribution >= 0.6 is 0 Å². The van der Waals surface area contributed by atoms with Gasteiger partial charge in [-0.2, -0.15) is 0 Å². The molecular weight excluding hydrogens is 278 g/mol. The Bertz CT molecular complexity index is 452. The summed E-state index contributed by atoms with van der Waals surface area (Å²) in [5.74, 6) is 0.881. The molecule has 124 valence electrons. The molecule has 1 fully saturated rings. The molecule has 0 spiro atoms. The number of likely N-dealkylation sites (tertiary alicyclic amines) is 1. The number of benzene rings is 1. The highest BCUT2D eigenvalue weighted by atomic mass is 16.5. The number of hydrogen-bond donors (Lipinski definition) is 1. The highest BCUT2D eigenvalue weighted by Crippen LogP contribution is 2.32. The van der Waals surface area contributed by atoms with E-state index in [0.717, 1.165) is 18.7 Å². The van der Waals surface area contributed by atoms with Crippen LogP contribution in [0.5, 0.6) is 5.75 Å². The van der Waals surface area contributed by atoms with E-state index in [2.05, 4.69) is 17.0 Å². The molecule has 2 unspecified atom stereocenters. The maximum Gasteiger partial charge on any atom is 0.118 e. The number of aliphatic hydroxyl groups is 1. The van der Waals surface area contributed by atoms with E-state index in [1.54, 1.807) is 7.11 Å². The molecule has 0 saturated carbocycles. The second-order valence-corrected chi connectivity index (χ2v) is 7.00. The van der Waals surface area contributed by atoms with Gasteiger partial charge in [0.25, 0.3) is 0 Å². The molecule has 1 aliphatic rings. The maximum absolute atomic E-state index is 10.2. The van der Waals surface area contributed by atoms with E-state index in [9.17, 15) is 5.11 Å². The Hall–Kier alpha value is -1.10. The number of aliphatic hydroxyl groups excluding tert-OH is 1. The summed E-state index contributed by atoms with van der Waals surface area (Å²) in [6.07, 6.45) is 1.86. The first-order chi connectivity index (χ1) is 10.4. The van der Waals surface area contributed by atoms with Crippen molar-refractivity contribution >= 4 is 0 Å². The molecule has 1 aromatic carbocycles. The van der Waals surface area contributed by atoms with Gasteiger partial charge >= 0.3 is 0 Å². The topological polar surface area (TPSA) is 41.9 Å². The minimum Gasteiger partial charge on any atom is -0.497 e. The zero-order valence-corrected chi connectivity index (χ0v) is 14.2.